The molecule has 1 aliphatic rings. The van der Waals surface area contributed by atoms with Crippen LogP contribution >= 0.6 is 0 Å². The number of carbonyl (C=O) groups is 1. The Bertz CT molecular complexity index is 320. The zero-order valence-electron chi connectivity index (χ0n) is 11.3. The molecular formula is C11H20O7. The lowest BCUT2D eigenvalue weighted by Gasteiger charge is -2.45. The third kappa shape index (κ3) is 3.18. The van der Waals surface area contributed by atoms with Crippen LogP contribution < -0.4 is 0 Å². The predicted molar refractivity (Wildman–Crippen MR) is 59.4 cm³/mol. The molecule has 0 aliphatic carbocycles. The molecular weight excluding hydrogens is 244 g/mol. The molecule has 1 fully saturated rings. The number of esters is 1. The summed E-state index contributed by atoms with van der Waals surface area (Å²) in [6.45, 7) is 2.05. The first-order valence-corrected chi connectivity index (χ1v) is 5.68. The fourth-order valence-corrected chi connectivity index (χ4v) is 1.84. The number of ether oxygens (including phenoxy) is 2. The van der Waals surface area contributed by atoms with Gasteiger partial charge in [0.05, 0.1) is 6.61 Å². The highest BCUT2D eigenvalue weighted by Gasteiger charge is 2.52. The minimum atomic E-state index is -2.03. The van der Waals surface area contributed by atoms with Crippen molar-refractivity contribution >= 4 is 5.97 Å². The van der Waals surface area contributed by atoms with Crippen molar-refractivity contribution in [3.05, 3.63) is 0 Å². The van der Waals surface area contributed by atoms with E-state index in [1.807, 2.05) is 0 Å². The lowest BCUT2D eigenvalue weighted by molar-refractivity contribution is -0.342. The minimum absolute atomic E-state index is 0.210. The van der Waals surface area contributed by atoms with Crippen LogP contribution in [0.5, 0.6) is 0 Å². The molecule has 0 saturated carbocycles. The van der Waals surface area contributed by atoms with Gasteiger partial charge in [0.1, 0.15) is 18.3 Å². The number of aliphatic hydroxyl groups excluding tert-OH is 3. The lowest BCUT2D eigenvalue weighted by Crippen LogP contribution is -2.65. The van der Waals surface area contributed by atoms with E-state index < -0.39 is 49.2 Å². The van der Waals surface area contributed by atoms with E-state index in [9.17, 15) is 20.1 Å². The quantitative estimate of drug-likeness (QED) is 0.458. The van der Waals surface area contributed by atoms with E-state index in [1.54, 1.807) is 0 Å². The van der Waals surface area contributed by atoms with Crippen molar-refractivity contribution in [1.29, 1.82) is 0 Å². The van der Waals surface area contributed by atoms with Crippen molar-refractivity contribution in [3.8, 4) is 0 Å². The Morgan fingerprint density at radius 1 is 1.50 bits per heavy atom. The van der Waals surface area contributed by atoms with Gasteiger partial charge < -0.3 is 29.9 Å². The molecule has 0 aromatic carbocycles. The maximum Gasteiger partial charge on any atom is 0.306 e. The van der Waals surface area contributed by atoms with Crippen molar-refractivity contribution in [1.82, 2.24) is 0 Å². The molecule has 18 heavy (non-hydrogen) atoms. The van der Waals surface area contributed by atoms with Crippen LogP contribution in [0, 0.1) is 0 Å². The van der Waals surface area contributed by atoms with Gasteiger partial charge in [-0.05, 0) is 13.3 Å². The normalized spacial score (nSPS) is 43.1. The monoisotopic (exact) mass is 265 g/mol. The summed E-state index contributed by atoms with van der Waals surface area (Å²) in [5, 5.41) is 38.4. The molecule has 106 valence electrons. The van der Waals surface area contributed by atoms with Crippen molar-refractivity contribution in [2.24, 2.45) is 0 Å². The van der Waals surface area contributed by atoms with Gasteiger partial charge in [0, 0.05) is 7.79 Å². The summed E-state index contributed by atoms with van der Waals surface area (Å²) in [6, 6.07) is 0. The van der Waals surface area contributed by atoms with Crippen molar-refractivity contribution in [3.63, 3.8) is 0 Å². The minimum Gasteiger partial charge on any atom is -0.454 e. The molecule has 7 heteroatoms. The second-order valence-electron chi connectivity index (χ2n) is 4.40. The first-order valence-electron chi connectivity index (χ1n) is 6.25. The first kappa shape index (κ1) is 13.7. The summed E-state index contributed by atoms with van der Waals surface area (Å²) in [5.41, 5.74) is 0. The van der Waals surface area contributed by atoms with Gasteiger partial charge in [-0.2, -0.15) is 0 Å². The molecule has 7 nitrogen and oxygen atoms in total. The topological polar surface area (TPSA) is 116 Å². The smallest absolute Gasteiger partial charge is 0.306 e. The van der Waals surface area contributed by atoms with Gasteiger partial charge >= 0.3 is 5.97 Å². The van der Waals surface area contributed by atoms with Crippen LogP contribution in [0.3, 0.4) is 0 Å². The molecule has 0 amide bonds. The second-order valence-corrected chi connectivity index (χ2v) is 4.40. The summed E-state index contributed by atoms with van der Waals surface area (Å²) in [4.78, 5) is 11.5. The molecule has 0 bridgehead atoms. The van der Waals surface area contributed by atoms with Crippen LogP contribution in [0.15, 0.2) is 0 Å². The standard InChI is InChI=1S/C11H20O7/c1-3-4-7(13)17-10-9(15)8(14)6(5-12)18-11(10,2)16/h6,8-10,12,14-16H,3-5H2,1-2H3/t6-,8-,9+,10-,11?/m1/s1/i3D/t3?,6-,8-,9+,10-,11?. The molecule has 0 spiro atoms. The molecule has 6 atom stereocenters. The second kappa shape index (κ2) is 5.94. The van der Waals surface area contributed by atoms with E-state index in [-0.39, 0.29) is 6.42 Å². The zero-order chi connectivity index (χ0) is 14.8. The summed E-state index contributed by atoms with van der Waals surface area (Å²) in [5.74, 6) is -2.82. The molecule has 0 radical (unpaired) electrons. The Kier molecular flexibility index (Phi) is 4.52. The third-order valence-electron chi connectivity index (χ3n) is 2.77. The van der Waals surface area contributed by atoms with E-state index in [2.05, 4.69) is 0 Å². The van der Waals surface area contributed by atoms with Crippen molar-refractivity contribution in [2.75, 3.05) is 6.61 Å². The Morgan fingerprint density at radius 2 is 2.11 bits per heavy atom. The molecule has 0 aromatic heterocycles. The van der Waals surface area contributed by atoms with Gasteiger partial charge in [0.2, 0.25) is 5.79 Å². The fraction of sp³-hybridized carbons (Fsp3) is 0.909. The maximum absolute atomic E-state index is 11.5. The Balaban J connectivity index is 2.78. The molecule has 4 N–H and O–H groups in total. The third-order valence-corrected chi connectivity index (χ3v) is 2.77. The highest BCUT2D eigenvalue weighted by atomic mass is 16.7. The van der Waals surface area contributed by atoms with E-state index in [0.29, 0.717) is 0 Å². The predicted octanol–water partition coefficient (Wildman–Crippen LogP) is -1.48. The summed E-state index contributed by atoms with van der Waals surface area (Å²) in [6.07, 6.45) is -6.64. The van der Waals surface area contributed by atoms with Crippen molar-refractivity contribution in [2.45, 2.75) is 56.9 Å². The Hall–Kier alpha value is -0.730. The van der Waals surface area contributed by atoms with E-state index in [4.69, 9.17) is 16.0 Å². The number of carbonyl (C=O) groups excluding carboxylic acids is 1. The van der Waals surface area contributed by atoms with Gasteiger partial charge in [-0.3, -0.25) is 4.79 Å². The molecule has 1 heterocycles. The number of hydrogen-bond donors (Lipinski definition) is 4. The lowest BCUT2D eigenvalue weighted by atomic mass is 9.93. The van der Waals surface area contributed by atoms with Crippen LogP contribution in [0.2, 0.25) is 0 Å². The van der Waals surface area contributed by atoms with Crippen LogP contribution in [0.1, 0.15) is 28.0 Å². The summed E-state index contributed by atoms with van der Waals surface area (Å²) >= 11 is 0. The highest BCUT2D eigenvalue weighted by molar-refractivity contribution is 5.69. The van der Waals surface area contributed by atoms with E-state index in [1.165, 1.54) is 6.92 Å². The largest absolute Gasteiger partial charge is 0.454 e. The SMILES string of the molecule is [2H]C(C)CC(=O)O[C@@H]1[C@@H](O)[C@H](O)[C@@H](CO)OC1(C)O. The van der Waals surface area contributed by atoms with Gasteiger partial charge in [-0.1, -0.05) is 6.92 Å². The van der Waals surface area contributed by atoms with E-state index in [0.717, 1.165) is 6.92 Å². The molecule has 1 aliphatic heterocycles. The van der Waals surface area contributed by atoms with Crippen LogP contribution in [0.4, 0.5) is 0 Å². The number of aliphatic hydroxyl groups is 4. The molecule has 2 unspecified atom stereocenters. The average Bonchev–Trinajstić information content (AvgIpc) is 2.28. The molecule has 1 saturated heterocycles. The highest BCUT2D eigenvalue weighted by Crippen LogP contribution is 2.30. The van der Waals surface area contributed by atoms with Crippen LogP contribution in [0.25, 0.3) is 0 Å². The van der Waals surface area contributed by atoms with Gasteiger partial charge in [-0.15, -0.1) is 0 Å². The Morgan fingerprint density at radius 3 is 2.61 bits per heavy atom. The van der Waals surface area contributed by atoms with Crippen molar-refractivity contribution < 1.29 is 36.1 Å². The summed E-state index contributed by atoms with van der Waals surface area (Å²) < 4.78 is 17.1. The number of rotatable bonds is 4. The maximum atomic E-state index is 11.5. The van der Waals surface area contributed by atoms with Gasteiger partial charge in [-0.25, -0.2) is 0 Å². The fourth-order valence-electron chi connectivity index (χ4n) is 1.84. The molecule has 0 aromatic rings. The van der Waals surface area contributed by atoms with E-state index >= 15 is 0 Å². The van der Waals surface area contributed by atoms with Gasteiger partial charge in [0.25, 0.3) is 0 Å². The number of hydrogen-bond acceptors (Lipinski definition) is 7. The van der Waals surface area contributed by atoms with Crippen LogP contribution in [-0.4, -0.2) is 63.2 Å². The first-order chi connectivity index (χ1) is 8.69. The molecule has 1 rings (SSSR count). The average molecular weight is 265 g/mol. The Labute approximate surface area is 106 Å². The zero-order valence-corrected chi connectivity index (χ0v) is 10.3. The van der Waals surface area contributed by atoms with Crippen LogP contribution in [-0.2, 0) is 14.3 Å². The van der Waals surface area contributed by atoms with Gasteiger partial charge in [0.15, 0.2) is 6.10 Å². The summed E-state index contributed by atoms with van der Waals surface area (Å²) in [7, 11) is 0.